The highest BCUT2D eigenvalue weighted by Gasteiger charge is 2.48. The largest absolute Gasteiger partial charge is 0.387 e. The molecule has 1 aliphatic rings. The van der Waals surface area contributed by atoms with Gasteiger partial charge in [-0.05, 0) is 0 Å². The molecule has 0 unspecified atom stereocenters. The Morgan fingerprint density at radius 2 is 1.00 bits per heavy atom. The predicted molar refractivity (Wildman–Crippen MR) is 40.8 cm³/mol. The van der Waals surface area contributed by atoms with Crippen molar-refractivity contribution >= 4 is 0 Å². The SMILES string of the molecule is CO[C@H]1[C@H](O)[C@H](O)[C@@H](O)[C@H](O)[C@H]1O. The highest BCUT2D eigenvalue weighted by molar-refractivity contribution is 4.99. The molecule has 0 saturated heterocycles. The van der Waals surface area contributed by atoms with Gasteiger partial charge in [0.25, 0.3) is 0 Å². The summed E-state index contributed by atoms with van der Waals surface area (Å²) in [6.45, 7) is 0. The number of aliphatic hydroxyl groups excluding tert-OH is 5. The van der Waals surface area contributed by atoms with E-state index in [-0.39, 0.29) is 0 Å². The summed E-state index contributed by atoms with van der Waals surface area (Å²) >= 11 is 0. The molecule has 0 aromatic heterocycles. The van der Waals surface area contributed by atoms with Crippen LogP contribution in [0, 0.1) is 0 Å². The van der Waals surface area contributed by atoms with Crippen LogP contribution in [0.25, 0.3) is 0 Å². The summed E-state index contributed by atoms with van der Waals surface area (Å²) < 4.78 is 4.67. The van der Waals surface area contributed by atoms with Crippen molar-refractivity contribution in [2.24, 2.45) is 0 Å². The highest BCUT2D eigenvalue weighted by atomic mass is 16.5. The standard InChI is InChI=1S/C7H14O6/c1-13-7-5(11)3(9)2(8)4(10)6(7)12/h2-12H,1H3/t2-,3-,4+,5-,6-,7+/m1/s1. The third kappa shape index (κ3) is 1.69. The van der Waals surface area contributed by atoms with Crippen molar-refractivity contribution < 1.29 is 30.3 Å². The van der Waals surface area contributed by atoms with E-state index in [0.29, 0.717) is 0 Å². The second kappa shape index (κ2) is 3.87. The first-order valence-corrected chi connectivity index (χ1v) is 3.93. The lowest BCUT2D eigenvalue weighted by atomic mass is 9.85. The van der Waals surface area contributed by atoms with Crippen LogP contribution in [0.15, 0.2) is 0 Å². The minimum Gasteiger partial charge on any atom is -0.387 e. The van der Waals surface area contributed by atoms with Crippen molar-refractivity contribution in [3.05, 3.63) is 0 Å². The van der Waals surface area contributed by atoms with E-state index in [1.165, 1.54) is 7.11 Å². The Morgan fingerprint density at radius 3 is 1.31 bits per heavy atom. The van der Waals surface area contributed by atoms with Gasteiger partial charge in [0.15, 0.2) is 0 Å². The van der Waals surface area contributed by atoms with Crippen molar-refractivity contribution in [3.63, 3.8) is 0 Å². The van der Waals surface area contributed by atoms with Gasteiger partial charge < -0.3 is 30.3 Å². The van der Waals surface area contributed by atoms with Gasteiger partial charge in [0.1, 0.15) is 36.6 Å². The average Bonchev–Trinajstić information content (AvgIpc) is 2.13. The molecular formula is C7H14O6. The predicted octanol–water partition coefficient (Wildman–Crippen LogP) is -3.18. The molecular weight excluding hydrogens is 180 g/mol. The van der Waals surface area contributed by atoms with Gasteiger partial charge in [-0.3, -0.25) is 0 Å². The maximum Gasteiger partial charge on any atom is 0.114 e. The third-order valence-corrected chi connectivity index (χ3v) is 2.35. The molecule has 0 aromatic rings. The molecule has 0 aromatic carbocycles. The molecule has 0 radical (unpaired) electrons. The van der Waals surface area contributed by atoms with Gasteiger partial charge in [0.2, 0.25) is 0 Å². The van der Waals surface area contributed by atoms with Gasteiger partial charge in [-0.2, -0.15) is 0 Å². The summed E-state index contributed by atoms with van der Waals surface area (Å²) in [4.78, 5) is 0. The second-order valence-corrected chi connectivity index (χ2v) is 3.15. The molecule has 0 aliphatic heterocycles. The molecule has 6 atom stereocenters. The second-order valence-electron chi connectivity index (χ2n) is 3.15. The highest BCUT2D eigenvalue weighted by Crippen LogP contribution is 2.23. The lowest BCUT2D eigenvalue weighted by Crippen LogP contribution is -2.64. The Kier molecular flexibility index (Phi) is 3.23. The van der Waals surface area contributed by atoms with Crippen molar-refractivity contribution in [1.82, 2.24) is 0 Å². The number of hydrogen-bond donors (Lipinski definition) is 5. The molecule has 5 N–H and O–H groups in total. The Bertz CT molecular complexity index is 158. The van der Waals surface area contributed by atoms with Crippen LogP contribution in [0.4, 0.5) is 0 Å². The fourth-order valence-electron chi connectivity index (χ4n) is 1.48. The Balaban J connectivity index is 2.79. The Hall–Kier alpha value is -0.240. The van der Waals surface area contributed by atoms with Gasteiger partial charge in [-0.25, -0.2) is 0 Å². The molecule has 0 spiro atoms. The minimum absolute atomic E-state index is 1.09. The summed E-state index contributed by atoms with van der Waals surface area (Å²) in [6.07, 6.45) is -8.48. The fraction of sp³-hybridized carbons (Fsp3) is 1.00. The third-order valence-electron chi connectivity index (χ3n) is 2.35. The average molecular weight is 194 g/mol. The first-order valence-electron chi connectivity index (χ1n) is 3.93. The van der Waals surface area contributed by atoms with Crippen LogP contribution in [0.1, 0.15) is 0 Å². The number of aliphatic hydroxyl groups is 5. The number of methoxy groups -OCH3 is 1. The van der Waals surface area contributed by atoms with E-state index < -0.39 is 36.6 Å². The maximum atomic E-state index is 9.29. The Morgan fingerprint density at radius 1 is 0.692 bits per heavy atom. The number of rotatable bonds is 1. The van der Waals surface area contributed by atoms with Gasteiger partial charge >= 0.3 is 0 Å². The van der Waals surface area contributed by atoms with E-state index in [0.717, 1.165) is 0 Å². The van der Waals surface area contributed by atoms with Gasteiger partial charge in [-0.15, -0.1) is 0 Å². The minimum atomic E-state index is -1.56. The van der Waals surface area contributed by atoms with Crippen molar-refractivity contribution in [3.8, 4) is 0 Å². The monoisotopic (exact) mass is 194 g/mol. The van der Waals surface area contributed by atoms with Crippen molar-refractivity contribution in [2.45, 2.75) is 36.6 Å². The van der Waals surface area contributed by atoms with Crippen LogP contribution in [0.2, 0.25) is 0 Å². The molecule has 0 bridgehead atoms. The summed E-state index contributed by atoms with van der Waals surface area (Å²) in [7, 11) is 1.23. The van der Waals surface area contributed by atoms with E-state index in [9.17, 15) is 20.4 Å². The van der Waals surface area contributed by atoms with Crippen molar-refractivity contribution in [1.29, 1.82) is 0 Å². The number of ether oxygens (including phenoxy) is 1. The quantitative estimate of drug-likeness (QED) is 0.301. The lowest BCUT2D eigenvalue weighted by Gasteiger charge is -2.40. The lowest BCUT2D eigenvalue weighted by molar-refractivity contribution is -0.229. The first-order chi connectivity index (χ1) is 6.00. The molecule has 13 heavy (non-hydrogen) atoms. The van der Waals surface area contributed by atoms with E-state index in [4.69, 9.17) is 5.11 Å². The molecule has 0 amide bonds. The maximum absolute atomic E-state index is 9.29. The molecule has 0 heterocycles. The molecule has 78 valence electrons. The summed E-state index contributed by atoms with van der Waals surface area (Å²) in [5.41, 5.74) is 0. The van der Waals surface area contributed by atoms with Crippen LogP contribution < -0.4 is 0 Å². The van der Waals surface area contributed by atoms with Gasteiger partial charge in [0, 0.05) is 7.11 Å². The summed E-state index contributed by atoms with van der Waals surface area (Å²) in [5, 5.41) is 46.1. The zero-order valence-electron chi connectivity index (χ0n) is 7.11. The molecule has 1 saturated carbocycles. The van der Waals surface area contributed by atoms with E-state index >= 15 is 0 Å². The van der Waals surface area contributed by atoms with E-state index in [2.05, 4.69) is 4.74 Å². The molecule has 1 rings (SSSR count). The van der Waals surface area contributed by atoms with E-state index in [1.807, 2.05) is 0 Å². The summed E-state index contributed by atoms with van der Waals surface area (Å²) in [5.74, 6) is 0. The normalized spacial score (nSPS) is 52.2. The molecule has 1 aliphatic carbocycles. The summed E-state index contributed by atoms with van der Waals surface area (Å²) in [6, 6.07) is 0. The molecule has 6 nitrogen and oxygen atoms in total. The molecule has 6 heteroatoms. The zero-order chi connectivity index (χ0) is 10.2. The van der Waals surface area contributed by atoms with Crippen LogP contribution >= 0.6 is 0 Å². The van der Waals surface area contributed by atoms with Crippen LogP contribution in [0.5, 0.6) is 0 Å². The smallest absolute Gasteiger partial charge is 0.114 e. The zero-order valence-corrected chi connectivity index (χ0v) is 7.11. The van der Waals surface area contributed by atoms with Crippen LogP contribution in [-0.4, -0.2) is 69.3 Å². The van der Waals surface area contributed by atoms with Crippen LogP contribution in [-0.2, 0) is 4.74 Å². The first kappa shape index (κ1) is 10.8. The van der Waals surface area contributed by atoms with Gasteiger partial charge in [-0.1, -0.05) is 0 Å². The fourth-order valence-corrected chi connectivity index (χ4v) is 1.48. The topological polar surface area (TPSA) is 110 Å². The van der Waals surface area contributed by atoms with E-state index in [1.54, 1.807) is 0 Å². The van der Waals surface area contributed by atoms with Crippen molar-refractivity contribution in [2.75, 3.05) is 7.11 Å². The van der Waals surface area contributed by atoms with Gasteiger partial charge in [0.05, 0.1) is 0 Å². The van der Waals surface area contributed by atoms with Crippen LogP contribution in [0.3, 0.4) is 0 Å². The molecule has 1 fully saturated rings. The number of hydrogen-bond acceptors (Lipinski definition) is 6. The Labute approximate surface area is 75.0 Å².